The first-order chi connectivity index (χ1) is 8.72. The monoisotopic (exact) mass is 326 g/mol. The molecule has 0 atom stereocenters. The number of rotatable bonds is 2. The number of halogens is 1. The van der Waals surface area contributed by atoms with Crippen molar-refractivity contribution in [3.8, 4) is 10.7 Å². The number of hydrogen-bond acceptors (Lipinski definition) is 5. The standard InChI is InChI=1S/C12H11BrN2O2S/c13-8-5-10(18-6-8)11-14-12(17-15-11)7-1-3-9(16)4-2-7/h5-7H,1-4H2. The molecule has 0 aliphatic heterocycles. The maximum absolute atomic E-state index is 11.2. The lowest BCUT2D eigenvalue weighted by Crippen LogP contribution is -2.12. The van der Waals surface area contributed by atoms with Crippen molar-refractivity contribution in [1.29, 1.82) is 0 Å². The molecule has 3 rings (SSSR count). The second-order valence-electron chi connectivity index (χ2n) is 4.40. The Labute approximate surface area is 117 Å². The highest BCUT2D eigenvalue weighted by Gasteiger charge is 2.25. The molecule has 1 fully saturated rings. The van der Waals surface area contributed by atoms with E-state index in [1.54, 1.807) is 11.3 Å². The molecule has 2 aromatic heterocycles. The van der Waals surface area contributed by atoms with Gasteiger partial charge in [0, 0.05) is 28.6 Å². The van der Waals surface area contributed by atoms with Gasteiger partial charge in [0.15, 0.2) is 0 Å². The minimum Gasteiger partial charge on any atom is -0.339 e. The van der Waals surface area contributed by atoms with Gasteiger partial charge in [-0.1, -0.05) is 5.16 Å². The molecule has 0 amide bonds. The van der Waals surface area contributed by atoms with Gasteiger partial charge in [-0.05, 0) is 34.8 Å². The SMILES string of the molecule is O=C1CCC(c2nc(-c3cc(Br)cs3)no2)CC1. The molecule has 0 radical (unpaired) electrons. The van der Waals surface area contributed by atoms with Crippen LogP contribution in [0.3, 0.4) is 0 Å². The fourth-order valence-electron chi connectivity index (χ4n) is 2.12. The summed E-state index contributed by atoms with van der Waals surface area (Å²) in [6.07, 6.45) is 2.92. The number of nitrogens with zero attached hydrogens (tertiary/aromatic N) is 2. The van der Waals surface area contributed by atoms with Crippen LogP contribution in [-0.4, -0.2) is 15.9 Å². The van der Waals surface area contributed by atoms with E-state index in [0.717, 1.165) is 22.2 Å². The van der Waals surface area contributed by atoms with Crippen molar-refractivity contribution in [2.45, 2.75) is 31.6 Å². The van der Waals surface area contributed by atoms with E-state index in [9.17, 15) is 4.79 Å². The summed E-state index contributed by atoms with van der Waals surface area (Å²) in [7, 11) is 0. The van der Waals surface area contributed by atoms with Gasteiger partial charge in [0.2, 0.25) is 11.7 Å². The topological polar surface area (TPSA) is 56.0 Å². The molecule has 94 valence electrons. The third-order valence-electron chi connectivity index (χ3n) is 3.12. The number of carbonyl (C=O) groups is 1. The number of hydrogen-bond donors (Lipinski definition) is 0. The normalized spacial score (nSPS) is 17.3. The number of aromatic nitrogens is 2. The molecule has 0 spiro atoms. The molecule has 0 unspecified atom stereocenters. The second kappa shape index (κ2) is 4.93. The molecule has 0 saturated heterocycles. The molecule has 1 aliphatic carbocycles. The van der Waals surface area contributed by atoms with Crippen LogP contribution in [-0.2, 0) is 4.79 Å². The lowest BCUT2D eigenvalue weighted by Gasteiger charge is -2.16. The minimum absolute atomic E-state index is 0.243. The fourth-order valence-corrected chi connectivity index (χ4v) is 3.47. The van der Waals surface area contributed by atoms with Crippen LogP contribution in [0.25, 0.3) is 10.7 Å². The average Bonchev–Trinajstić information content (AvgIpc) is 2.98. The Morgan fingerprint density at radius 3 is 2.83 bits per heavy atom. The summed E-state index contributed by atoms with van der Waals surface area (Å²) in [6.45, 7) is 0. The van der Waals surface area contributed by atoms with Crippen LogP contribution in [0.15, 0.2) is 20.4 Å². The average molecular weight is 327 g/mol. The summed E-state index contributed by atoms with van der Waals surface area (Å²) < 4.78 is 6.35. The zero-order chi connectivity index (χ0) is 12.5. The van der Waals surface area contributed by atoms with Gasteiger partial charge in [-0.25, -0.2) is 0 Å². The second-order valence-corrected chi connectivity index (χ2v) is 6.23. The predicted molar refractivity (Wildman–Crippen MR) is 71.5 cm³/mol. The molecule has 6 heteroatoms. The van der Waals surface area contributed by atoms with Crippen molar-refractivity contribution in [2.24, 2.45) is 0 Å². The van der Waals surface area contributed by atoms with E-state index in [2.05, 4.69) is 26.1 Å². The zero-order valence-electron chi connectivity index (χ0n) is 9.56. The molecule has 2 aromatic rings. The van der Waals surface area contributed by atoms with E-state index in [4.69, 9.17) is 4.52 Å². The van der Waals surface area contributed by atoms with E-state index < -0.39 is 0 Å². The van der Waals surface area contributed by atoms with Crippen LogP contribution in [0.2, 0.25) is 0 Å². The molecule has 18 heavy (non-hydrogen) atoms. The molecule has 1 aliphatic rings. The van der Waals surface area contributed by atoms with Crippen molar-refractivity contribution in [3.63, 3.8) is 0 Å². The first kappa shape index (κ1) is 12.0. The third-order valence-corrected chi connectivity index (χ3v) is 4.81. The first-order valence-electron chi connectivity index (χ1n) is 5.82. The minimum atomic E-state index is 0.243. The number of ketones is 1. The highest BCUT2D eigenvalue weighted by molar-refractivity contribution is 9.10. The van der Waals surface area contributed by atoms with Crippen molar-refractivity contribution >= 4 is 33.0 Å². The van der Waals surface area contributed by atoms with Crippen LogP contribution in [0, 0.1) is 0 Å². The predicted octanol–water partition coefficient (Wildman–Crippen LogP) is 3.79. The van der Waals surface area contributed by atoms with E-state index in [1.807, 2.05) is 11.4 Å². The zero-order valence-corrected chi connectivity index (χ0v) is 12.0. The van der Waals surface area contributed by atoms with E-state index in [1.165, 1.54) is 0 Å². The number of carbonyl (C=O) groups excluding carboxylic acids is 1. The summed E-state index contributed by atoms with van der Waals surface area (Å²) in [5.74, 6) is 1.89. The Hall–Kier alpha value is -1.01. The van der Waals surface area contributed by atoms with Crippen molar-refractivity contribution in [1.82, 2.24) is 10.1 Å². The maximum Gasteiger partial charge on any atom is 0.230 e. The highest BCUT2D eigenvalue weighted by atomic mass is 79.9. The molecule has 2 heterocycles. The Morgan fingerprint density at radius 1 is 1.39 bits per heavy atom. The van der Waals surface area contributed by atoms with Crippen LogP contribution in [0.1, 0.15) is 37.5 Å². The Morgan fingerprint density at radius 2 is 2.17 bits per heavy atom. The van der Waals surface area contributed by atoms with Gasteiger partial charge < -0.3 is 4.52 Å². The quantitative estimate of drug-likeness (QED) is 0.842. The number of Topliss-reactive ketones (excluding diaryl/α,β-unsaturated/α-hetero) is 1. The van der Waals surface area contributed by atoms with Gasteiger partial charge in [0.25, 0.3) is 0 Å². The Kier molecular flexibility index (Phi) is 3.30. The highest BCUT2D eigenvalue weighted by Crippen LogP contribution is 2.33. The van der Waals surface area contributed by atoms with Gasteiger partial charge in [-0.15, -0.1) is 11.3 Å². The molecule has 0 aromatic carbocycles. The van der Waals surface area contributed by atoms with Gasteiger partial charge in [0.1, 0.15) is 5.78 Å². The van der Waals surface area contributed by atoms with E-state index in [-0.39, 0.29) is 5.92 Å². The van der Waals surface area contributed by atoms with Gasteiger partial charge >= 0.3 is 0 Å². The summed E-state index contributed by atoms with van der Waals surface area (Å²) in [5.41, 5.74) is 0. The lowest BCUT2D eigenvalue weighted by molar-refractivity contribution is -0.120. The lowest BCUT2D eigenvalue weighted by atomic mass is 9.88. The molecule has 1 saturated carbocycles. The smallest absolute Gasteiger partial charge is 0.230 e. The number of thiophene rings is 1. The van der Waals surface area contributed by atoms with Crippen LogP contribution in [0.4, 0.5) is 0 Å². The Bertz CT molecular complexity index is 568. The van der Waals surface area contributed by atoms with Crippen molar-refractivity contribution in [2.75, 3.05) is 0 Å². The molecule has 0 N–H and O–H groups in total. The molecular weight excluding hydrogens is 316 g/mol. The summed E-state index contributed by atoms with van der Waals surface area (Å²) >= 11 is 4.98. The van der Waals surface area contributed by atoms with Crippen molar-refractivity contribution < 1.29 is 9.32 Å². The van der Waals surface area contributed by atoms with Crippen LogP contribution >= 0.6 is 27.3 Å². The summed E-state index contributed by atoms with van der Waals surface area (Å²) in [5, 5.41) is 6.00. The van der Waals surface area contributed by atoms with E-state index >= 15 is 0 Å². The summed E-state index contributed by atoms with van der Waals surface area (Å²) in [4.78, 5) is 16.6. The molecule has 0 bridgehead atoms. The Balaban J connectivity index is 1.79. The third kappa shape index (κ3) is 2.40. The van der Waals surface area contributed by atoms with Crippen LogP contribution < -0.4 is 0 Å². The molecule has 4 nitrogen and oxygen atoms in total. The van der Waals surface area contributed by atoms with Crippen molar-refractivity contribution in [3.05, 3.63) is 21.8 Å². The van der Waals surface area contributed by atoms with Gasteiger partial charge in [-0.3, -0.25) is 4.79 Å². The van der Waals surface area contributed by atoms with Gasteiger partial charge in [0.05, 0.1) is 4.88 Å². The van der Waals surface area contributed by atoms with Crippen LogP contribution in [0.5, 0.6) is 0 Å². The van der Waals surface area contributed by atoms with Gasteiger partial charge in [-0.2, -0.15) is 4.98 Å². The van der Waals surface area contributed by atoms with E-state index in [0.29, 0.717) is 30.3 Å². The largest absolute Gasteiger partial charge is 0.339 e. The molecular formula is C12H11BrN2O2S. The first-order valence-corrected chi connectivity index (χ1v) is 7.49. The fraction of sp³-hybridized carbons (Fsp3) is 0.417. The summed E-state index contributed by atoms with van der Waals surface area (Å²) in [6, 6.07) is 1.98. The maximum atomic E-state index is 11.2.